The fourth-order valence-electron chi connectivity index (χ4n) is 5.98. The van der Waals surface area contributed by atoms with Gasteiger partial charge >= 0.3 is 6.09 Å². The first-order chi connectivity index (χ1) is 22.6. The van der Waals surface area contributed by atoms with Crippen LogP contribution in [0.2, 0.25) is 0 Å². The van der Waals surface area contributed by atoms with Crippen molar-refractivity contribution in [1.82, 2.24) is 15.5 Å². The van der Waals surface area contributed by atoms with Gasteiger partial charge in [-0.25, -0.2) is 4.79 Å². The highest BCUT2D eigenvalue weighted by Gasteiger charge is 2.43. The van der Waals surface area contributed by atoms with Crippen molar-refractivity contribution in [1.29, 1.82) is 0 Å². The normalized spacial score (nSPS) is 16.8. The molecular weight excluding hydrogens is 602 g/mol. The summed E-state index contributed by atoms with van der Waals surface area (Å²) < 4.78 is 22.5. The minimum absolute atomic E-state index is 0.0796. The molecule has 3 atom stereocenters. The van der Waals surface area contributed by atoms with Crippen molar-refractivity contribution < 1.29 is 38.4 Å². The number of benzene rings is 3. The molecule has 1 saturated heterocycles. The van der Waals surface area contributed by atoms with E-state index in [1.807, 2.05) is 92.7 Å². The zero-order chi connectivity index (χ0) is 34.0. The first kappa shape index (κ1) is 35.2. The van der Waals surface area contributed by atoms with E-state index in [1.54, 1.807) is 19.1 Å². The van der Waals surface area contributed by atoms with Crippen LogP contribution in [0.25, 0.3) is 0 Å². The van der Waals surface area contributed by atoms with Gasteiger partial charge in [-0.3, -0.25) is 9.59 Å². The molecule has 1 aliphatic heterocycles. The van der Waals surface area contributed by atoms with E-state index in [0.29, 0.717) is 24.3 Å². The fraction of sp³-hybridized carbons (Fsp3) is 0.417. The molecule has 3 N–H and O–H groups in total. The monoisotopic (exact) mass is 647 g/mol. The summed E-state index contributed by atoms with van der Waals surface area (Å²) in [6.45, 7) is 3.75. The number of nitrogens with one attached hydrogen (secondary N) is 2. The third-order valence-electron chi connectivity index (χ3n) is 8.26. The number of aliphatic hydroxyl groups is 1. The van der Waals surface area contributed by atoms with Gasteiger partial charge in [0.05, 0.1) is 40.1 Å². The minimum atomic E-state index is -1.10. The molecule has 3 aromatic rings. The number of aliphatic hydroxyl groups excluding tert-OH is 1. The molecule has 0 spiro atoms. The Labute approximate surface area is 276 Å². The van der Waals surface area contributed by atoms with Crippen LogP contribution in [0.3, 0.4) is 0 Å². The second-order valence-electron chi connectivity index (χ2n) is 11.9. The van der Waals surface area contributed by atoms with Gasteiger partial charge in [0, 0.05) is 6.54 Å². The van der Waals surface area contributed by atoms with Gasteiger partial charge in [-0.15, -0.1) is 0 Å². The number of carbonyl (C=O) groups is 3. The quantitative estimate of drug-likeness (QED) is 0.225. The van der Waals surface area contributed by atoms with E-state index in [1.165, 1.54) is 7.11 Å². The van der Waals surface area contributed by atoms with Crippen LogP contribution in [0, 0.1) is 5.92 Å². The minimum Gasteiger partial charge on any atom is -0.497 e. The molecule has 1 aliphatic rings. The highest BCUT2D eigenvalue weighted by molar-refractivity contribution is 5.89. The van der Waals surface area contributed by atoms with Gasteiger partial charge in [0.2, 0.25) is 11.8 Å². The summed E-state index contributed by atoms with van der Waals surface area (Å²) >= 11 is 0. The van der Waals surface area contributed by atoms with Gasteiger partial charge in [-0.05, 0) is 59.7 Å². The van der Waals surface area contributed by atoms with E-state index in [4.69, 9.17) is 14.2 Å². The molecule has 252 valence electrons. The molecular formula is C36H45N3O8. The Kier molecular flexibility index (Phi) is 12.2. The maximum atomic E-state index is 14.0. The Balaban J connectivity index is 1.69. The number of ether oxygens (including phenoxy) is 4. The molecule has 1 heterocycles. The van der Waals surface area contributed by atoms with E-state index in [0.717, 1.165) is 16.7 Å². The third kappa shape index (κ3) is 8.60. The molecule has 3 aromatic carbocycles. The second kappa shape index (κ2) is 16.3. The SMILES string of the molecule is COC(=O)NCC(=O)N[C@@H](CC(C)C)C(=O)N1C[C@H](O)C[C@H]1COC(c1ccccc1)(c1ccc(OC)cc1)c1ccc(OC)cc1. The summed E-state index contributed by atoms with van der Waals surface area (Å²) in [4.78, 5) is 39.8. The molecule has 0 aromatic heterocycles. The molecule has 11 heteroatoms. The Morgan fingerprint density at radius 1 is 0.872 bits per heavy atom. The number of alkyl carbamates (subject to hydrolysis) is 1. The number of likely N-dealkylation sites (tertiary alicyclic amines) is 1. The number of amides is 3. The van der Waals surface area contributed by atoms with Crippen molar-refractivity contribution in [2.45, 2.75) is 50.5 Å². The van der Waals surface area contributed by atoms with Crippen molar-refractivity contribution >= 4 is 17.9 Å². The molecule has 11 nitrogen and oxygen atoms in total. The molecule has 0 aliphatic carbocycles. The van der Waals surface area contributed by atoms with E-state index >= 15 is 0 Å². The Morgan fingerprint density at radius 3 is 1.94 bits per heavy atom. The molecule has 1 fully saturated rings. The number of rotatable bonds is 14. The topological polar surface area (TPSA) is 136 Å². The fourth-order valence-corrected chi connectivity index (χ4v) is 5.98. The molecule has 3 amide bonds. The lowest BCUT2D eigenvalue weighted by molar-refractivity contribution is -0.139. The summed E-state index contributed by atoms with van der Waals surface area (Å²) in [5, 5.41) is 15.9. The van der Waals surface area contributed by atoms with Crippen molar-refractivity contribution in [2.24, 2.45) is 5.92 Å². The van der Waals surface area contributed by atoms with E-state index in [2.05, 4.69) is 15.4 Å². The van der Waals surface area contributed by atoms with Crippen molar-refractivity contribution in [3.63, 3.8) is 0 Å². The summed E-state index contributed by atoms with van der Waals surface area (Å²) in [7, 11) is 4.43. The predicted octanol–water partition coefficient (Wildman–Crippen LogP) is 3.86. The summed E-state index contributed by atoms with van der Waals surface area (Å²) in [6, 6.07) is 23.8. The van der Waals surface area contributed by atoms with E-state index in [-0.39, 0.29) is 31.5 Å². The average molecular weight is 648 g/mol. The van der Waals surface area contributed by atoms with Crippen LogP contribution in [0.4, 0.5) is 4.79 Å². The number of nitrogens with zero attached hydrogens (tertiary/aromatic N) is 1. The summed E-state index contributed by atoms with van der Waals surface area (Å²) in [5.74, 6) is 0.622. The smallest absolute Gasteiger partial charge is 0.407 e. The third-order valence-corrected chi connectivity index (χ3v) is 8.26. The Hall–Kier alpha value is -4.61. The maximum absolute atomic E-state index is 14.0. The zero-order valence-corrected chi connectivity index (χ0v) is 27.6. The lowest BCUT2D eigenvalue weighted by Crippen LogP contribution is -2.53. The van der Waals surface area contributed by atoms with Crippen LogP contribution in [0.1, 0.15) is 43.4 Å². The number of methoxy groups -OCH3 is 3. The molecule has 0 saturated carbocycles. The zero-order valence-electron chi connectivity index (χ0n) is 27.6. The van der Waals surface area contributed by atoms with Gasteiger partial charge in [-0.2, -0.15) is 0 Å². The van der Waals surface area contributed by atoms with Crippen LogP contribution in [0.15, 0.2) is 78.9 Å². The van der Waals surface area contributed by atoms with Crippen LogP contribution in [-0.4, -0.2) is 87.1 Å². The van der Waals surface area contributed by atoms with Gasteiger partial charge in [-0.1, -0.05) is 68.4 Å². The molecule has 47 heavy (non-hydrogen) atoms. The number of hydrogen-bond donors (Lipinski definition) is 3. The van der Waals surface area contributed by atoms with Crippen LogP contribution < -0.4 is 20.1 Å². The highest BCUT2D eigenvalue weighted by Crippen LogP contribution is 2.42. The van der Waals surface area contributed by atoms with Gasteiger partial charge in [0.1, 0.15) is 29.7 Å². The number of hydrogen-bond acceptors (Lipinski definition) is 8. The highest BCUT2D eigenvalue weighted by atomic mass is 16.5. The Morgan fingerprint density at radius 2 is 1.43 bits per heavy atom. The number of β-amino-alcohol motifs (C(OH)–C–C–N with tert-alkyl or cyclic N) is 1. The molecule has 0 bridgehead atoms. The summed E-state index contributed by atoms with van der Waals surface area (Å²) in [6.07, 6.45) is -0.845. The number of carbonyl (C=O) groups excluding carboxylic acids is 3. The van der Waals surface area contributed by atoms with E-state index in [9.17, 15) is 19.5 Å². The first-order valence-corrected chi connectivity index (χ1v) is 15.7. The van der Waals surface area contributed by atoms with Crippen molar-refractivity contribution in [3.8, 4) is 11.5 Å². The molecule has 0 radical (unpaired) electrons. The summed E-state index contributed by atoms with van der Waals surface area (Å²) in [5.41, 5.74) is 1.45. The lowest BCUT2D eigenvalue weighted by atomic mass is 9.80. The average Bonchev–Trinajstić information content (AvgIpc) is 3.47. The largest absolute Gasteiger partial charge is 0.497 e. The standard InChI is InChI=1S/C36H45N3O8/c1-24(2)19-32(38-33(41)21-37-35(43)46-5)34(42)39-22-29(40)20-28(39)23-47-36(25-9-7-6-8-10-25,26-11-15-30(44-3)16-12-26)27-13-17-31(45-4)18-14-27/h6-18,24,28-29,32,40H,19-23H2,1-5H3,(H,37,43)(H,38,41)/t28-,29+,32-/m0/s1. The predicted molar refractivity (Wildman–Crippen MR) is 176 cm³/mol. The first-order valence-electron chi connectivity index (χ1n) is 15.7. The molecule has 0 unspecified atom stereocenters. The second-order valence-corrected chi connectivity index (χ2v) is 11.9. The van der Waals surface area contributed by atoms with Gasteiger partial charge in [0.25, 0.3) is 0 Å². The van der Waals surface area contributed by atoms with Gasteiger partial charge < -0.3 is 39.6 Å². The molecule has 4 rings (SSSR count). The lowest BCUT2D eigenvalue weighted by Gasteiger charge is -2.38. The van der Waals surface area contributed by atoms with Crippen LogP contribution in [-0.2, 0) is 24.7 Å². The van der Waals surface area contributed by atoms with Crippen molar-refractivity contribution in [2.75, 3.05) is 41.0 Å². The maximum Gasteiger partial charge on any atom is 0.407 e. The van der Waals surface area contributed by atoms with Crippen LogP contribution >= 0.6 is 0 Å². The Bertz CT molecular complexity index is 1420. The van der Waals surface area contributed by atoms with Crippen molar-refractivity contribution in [3.05, 3.63) is 95.6 Å². The van der Waals surface area contributed by atoms with E-state index < -0.39 is 35.8 Å². The van der Waals surface area contributed by atoms with Gasteiger partial charge in [0.15, 0.2) is 0 Å². The van der Waals surface area contributed by atoms with Crippen LogP contribution in [0.5, 0.6) is 11.5 Å².